The Kier molecular flexibility index (Phi) is 1.82. The molecule has 0 fully saturated rings. The number of aryl methyl sites for hydroxylation is 1. The normalized spacial score (nSPS) is 13.6. The van der Waals surface area contributed by atoms with Gasteiger partial charge in [0.2, 0.25) is 0 Å². The number of hydrogen-bond donors (Lipinski definition) is 0. The number of hydrogen-bond acceptors (Lipinski definition) is 0. The van der Waals surface area contributed by atoms with E-state index in [0.717, 1.165) is 0 Å². The lowest BCUT2D eigenvalue weighted by Gasteiger charge is -2.25. The molecule has 1 aromatic rings. The second-order valence-corrected chi connectivity index (χ2v) is 7.39. The third-order valence-corrected chi connectivity index (χ3v) is 3.20. The van der Waals surface area contributed by atoms with E-state index in [4.69, 9.17) is 0 Å². The molecule has 0 aromatic carbocycles. The van der Waals surface area contributed by atoms with Gasteiger partial charge in [0.1, 0.15) is 0 Å². The first-order valence-electron chi connectivity index (χ1n) is 3.31. The smallest absolute Gasteiger partial charge is 0.0565 e. The molecule has 0 amide bonds. The van der Waals surface area contributed by atoms with E-state index in [9.17, 15) is 0 Å². The van der Waals surface area contributed by atoms with Gasteiger partial charge in [-0.25, -0.2) is 10.0 Å². The Hall–Kier alpha value is -0.370. The summed E-state index contributed by atoms with van der Waals surface area (Å²) < 4.78 is 2.20. The van der Waals surface area contributed by atoms with Gasteiger partial charge >= 0.3 is 0 Å². The number of rotatable bonds is 1. The van der Waals surface area contributed by atoms with Crippen molar-refractivity contribution < 1.29 is 0 Å². The standard InChI is InChI=1S/C8H15NS/c1-9-7-5-6-8(9)10(2,3)4/h5-7H,1-4H3. The molecule has 0 radical (unpaired) electrons. The molecule has 0 spiro atoms. The Bertz CT molecular complexity index is 219. The van der Waals surface area contributed by atoms with Crippen LogP contribution in [0.2, 0.25) is 0 Å². The molecule has 0 unspecified atom stereocenters. The zero-order valence-electron chi connectivity index (χ0n) is 7.09. The summed E-state index contributed by atoms with van der Waals surface area (Å²) in [6, 6.07) is 4.31. The van der Waals surface area contributed by atoms with Crippen LogP contribution in [0.3, 0.4) is 0 Å². The van der Waals surface area contributed by atoms with Gasteiger partial charge < -0.3 is 4.57 Å². The van der Waals surface area contributed by atoms with Gasteiger partial charge in [0.25, 0.3) is 0 Å². The highest BCUT2D eigenvalue weighted by Crippen LogP contribution is 2.44. The van der Waals surface area contributed by atoms with Crippen LogP contribution >= 0.6 is 10.0 Å². The third kappa shape index (κ3) is 1.37. The van der Waals surface area contributed by atoms with Crippen LogP contribution in [0.4, 0.5) is 0 Å². The molecular weight excluding hydrogens is 142 g/mol. The van der Waals surface area contributed by atoms with E-state index in [-0.39, 0.29) is 0 Å². The molecule has 1 heterocycles. The number of aromatic nitrogens is 1. The fourth-order valence-corrected chi connectivity index (χ4v) is 2.49. The highest BCUT2D eigenvalue weighted by atomic mass is 32.3. The molecular formula is C8H15NS. The van der Waals surface area contributed by atoms with Crippen LogP contribution in [0.5, 0.6) is 0 Å². The molecule has 58 valence electrons. The molecule has 0 atom stereocenters. The maximum Gasteiger partial charge on any atom is 0.0565 e. The van der Waals surface area contributed by atoms with Crippen LogP contribution in [-0.4, -0.2) is 23.3 Å². The van der Waals surface area contributed by atoms with E-state index in [2.05, 4.69) is 48.7 Å². The van der Waals surface area contributed by atoms with Crippen LogP contribution in [-0.2, 0) is 7.05 Å². The average Bonchev–Trinajstić information content (AvgIpc) is 2.11. The van der Waals surface area contributed by atoms with Crippen LogP contribution < -0.4 is 0 Å². The maximum atomic E-state index is 2.31. The van der Waals surface area contributed by atoms with E-state index in [1.165, 1.54) is 5.03 Å². The maximum absolute atomic E-state index is 2.31. The molecule has 1 nitrogen and oxygen atoms in total. The predicted molar refractivity (Wildman–Crippen MR) is 49.0 cm³/mol. The lowest BCUT2D eigenvalue weighted by molar-refractivity contribution is 0.825. The van der Waals surface area contributed by atoms with Crippen LogP contribution in [0.15, 0.2) is 23.4 Å². The van der Waals surface area contributed by atoms with E-state index in [0.29, 0.717) is 0 Å². The Morgan fingerprint density at radius 1 is 1.30 bits per heavy atom. The van der Waals surface area contributed by atoms with Gasteiger partial charge in [0.15, 0.2) is 0 Å². The first-order chi connectivity index (χ1) is 4.52. The average molecular weight is 157 g/mol. The molecule has 2 heteroatoms. The summed E-state index contributed by atoms with van der Waals surface area (Å²) in [5.41, 5.74) is 0. The molecule has 1 rings (SSSR count). The topological polar surface area (TPSA) is 4.93 Å². The van der Waals surface area contributed by atoms with Crippen molar-refractivity contribution in [2.24, 2.45) is 7.05 Å². The van der Waals surface area contributed by atoms with Gasteiger partial charge in [0.05, 0.1) is 5.03 Å². The van der Waals surface area contributed by atoms with Crippen LogP contribution in [0.25, 0.3) is 0 Å². The summed E-state index contributed by atoms with van der Waals surface area (Å²) in [6.07, 6.45) is 9.03. The summed E-state index contributed by atoms with van der Waals surface area (Å²) >= 11 is 0. The fourth-order valence-electron chi connectivity index (χ4n) is 1.08. The van der Waals surface area contributed by atoms with Crippen molar-refractivity contribution in [1.82, 2.24) is 4.57 Å². The third-order valence-electron chi connectivity index (χ3n) is 1.52. The van der Waals surface area contributed by atoms with Crippen molar-refractivity contribution in [2.45, 2.75) is 5.03 Å². The minimum absolute atomic E-state index is 0.527. The van der Waals surface area contributed by atoms with Crippen molar-refractivity contribution in [1.29, 1.82) is 0 Å². The lowest BCUT2D eigenvalue weighted by Crippen LogP contribution is -1.99. The molecule has 0 saturated heterocycles. The quantitative estimate of drug-likeness (QED) is 0.588. The first-order valence-corrected chi connectivity index (χ1v) is 6.17. The molecule has 0 bridgehead atoms. The molecule has 1 aromatic heterocycles. The predicted octanol–water partition coefficient (Wildman–Crippen LogP) is 2.08. The minimum Gasteiger partial charge on any atom is -0.347 e. The van der Waals surface area contributed by atoms with Crippen molar-refractivity contribution in [3.63, 3.8) is 0 Å². The summed E-state index contributed by atoms with van der Waals surface area (Å²) in [6.45, 7) is 0. The van der Waals surface area contributed by atoms with Crippen molar-refractivity contribution in [3.05, 3.63) is 18.3 Å². The Morgan fingerprint density at radius 2 is 1.90 bits per heavy atom. The van der Waals surface area contributed by atoms with Gasteiger partial charge in [0, 0.05) is 13.2 Å². The SMILES string of the molecule is Cn1cccc1S(C)(C)C. The van der Waals surface area contributed by atoms with Crippen LogP contribution in [0.1, 0.15) is 0 Å². The molecule has 0 N–H and O–H groups in total. The number of nitrogens with zero attached hydrogens (tertiary/aromatic N) is 1. The summed E-state index contributed by atoms with van der Waals surface area (Å²) in [7, 11) is 1.58. The van der Waals surface area contributed by atoms with Gasteiger partial charge in [-0.05, 0) is 30.9 Å². The molecule has 0 aliphatic carbocycles. The van der Waals surface area contributed by atoms with Crippen molar-refractivity contribution in [2.75, 3.05) is 18.8 Å². The first kappa shape index (κ1) is 7.73. The Balaban J connectivity index is 3.05. The zero-order valence-corrected chi connectivity index (χ0v) is 7.90. The van der Waals surface area contributed by atoms with Crippen molar-refractivity contribution in [3.8, 4) is 0 Å². The van der Waals surface area contributed by atoms with E-state index >= 15 is 0 Å². The Morgan fingerprint density at radius 3 is 2.10 bits per heavy atom. The van der Waals surface area contributed by atoms with Crippen molar-refractivity contribution >= 4 is 10.0 Å². The van der Waals surface area contributed by atoms with E-state index in [1.807, 2.05) is 0 Å². The zero-order chi connectivity index (χ0) is 7.78. The molecule has 10 heavy (non-hydrogen) atoms. The fraction of sp³-hybridized carbons (Fsp3) is 0.500. The summed E-state index contributed by atoms with van der Waals surface area (Å²) in [5.74, 6) is 0. The molecule has 0 aliphatic rings. The largest absolute Gasteiger partial charge is 0.347 e. The lowest BCUT2D eigenvalue weighted by atomic mass is 10.7. The van der Waals surface area contributed by atoms with Gasteiger partial charge in [-0.1, -0.05) is 0 Å². The van der Waals surface area contributed by atoms with E-state index in [1.54, 1.807) is 0 Å². The van der Waals surface area contributed by atoms with Crippen LogP contribution in [0, 0.1) is 0 Å². The molecule has 0 saturated carbocycles. The highest BCUT2D eigenvalue weighted by molar-refractivity contribution is 8.32. The van der Waals surface area contributed by atoms with Gasteiger partial charge in [-0.3, -0.25) is 0 Å². The van der Waals surface area contributed by atoms with Gasteiger partial charge in [-0.15, -0.1) is 0 Å². The minimum atomic E-state index is -0.527. The highest BCUT2D eigenvalue weighted by Gasteiger charge is 2.09. The monoisotopic (exact) mass is 157 g/mol. The van der Waals surface area contributed by atoms with Gasteiger partial charge in [-0.2, -0.15) is 0 Å². The second kappa shape index (κ2) is 2.35. The Labute approximate surface area is 64.4 Å². The van der Waals surface area contributed by atoms with E-state index < -0.39 is 10.0 Å². The molecule has 0 aliphatic heterocycles. The summed E-state index contributed by atoms with van der Waals surface area (Å²) in [4.78, 5) is 0. The second-order valence-electron chi connectivity index (χ2n) is 3.29. The summed E-state index contributed by atoms with van der Waals surface area (Å²) in [5, 5.41) is 1.47.